The summed E-state index contributed by atoms with van der Waals surface area (Å²) in [4.78, 5) is 0.0274. The summed E-state index contributed by atoms with van der Waals surface area (Å²) in [6.45, 7) is 0. The van der Waals surface area contributed by atoms with Gasteiger partial charge in [-0.05, 0) is 40.2 Å². The van der Waals surface area contributed by atoms with Crippen molar-refractivity contribution in [2.24, 2.45) is 0 Å². The quantitative estimate of drug-likeness (QED) is 0.766. The largest absolute Gasteiger partial charge is 0.398 e. The fourth-order valence-electron chi connectivity index (χ4n) is 1.58. The molecular formula is C12H10Br2N2O2S. The standard InChI is InChI=1S/C12H10Br2N2O2S/c13-8-6-10(14)12(11(15)7-8)19(17,18)16-9-4-2-1-3-5-9/h1-7,16H,15H2. The summed E-state index contributed by atoms with van der Waals surface area (Å²) in [7, 11) is -3.73. The SMILES string of the molecule is Nc1cc(Br)cc(Br)c1S(=O)(=O)Nc1ccccc1. The van der Waals surface area contributed by atoms with Crippen LogP contribution in [0.1, 0.15) is 0 Å². The van der Waals surface area contributed by atoms with Crippen molar-refractivity contribution in [1.29, 1.82) is 0 Å². The van der Waals surface area contributed by atoms with E-state index in [0.29, 0.717) is 14.6 Å². The van der Waals surface area contributed by atoms with Crippen LogP contribution in [0.3, 0.4) is 0 Å². The van der Waals surface area contributed by atoms with Crippen LogP contribution in [0.25, 0.3) is 0 Å². The highest BCUT2D eigenvalue weighted by Crippen LogP contribution is 2.32. The van der Waals surface area contributed by atoms with E-state index in [1.54, 1.807) is 36.4 Å². The van der Waals surface area contributed by atoms with Crippen molar-refractivity contribution in [2.45, 2.75) is 4.90 Å². The Morgan fingerprint density at radius 2 is 1.68 bits per heavy atom. The molecule has 0 fully saturated rings. The van der Waals surface area contributed by atoms with Crippen LogP contribution in [-0.4, -0.2) is 8.42 Å². The first-order valence-corrected chi connectivity index (χ1v) is 8.29. The van der Waals surface area contributed by atoms with Gasteiger partial charge in [0.15, 0.2) is 0 Å². The van der Waals surface area contributed by atoms with Gasteiger partial charge in [0.05, 0.1) is 5.69 Å². The molecule has 0 aliphatic heterocycles. The van der Waals surface area contributed by atoms with E-state index in [-0.39, 0.29) is 10.6 Å². The van der Waals surface area contributed by atoms with Gasteiger partial charge in [-0.2, -0.15) is 0 Å². The molecule has 0 heterocycles. The van der Waals surface area contributed by atoms with E-state index >= 15 is 0 Å². The Bertz CT molecular complexity index is 680. The number of hydrogen-bond donors (Lipinski definition) is 2. The number of hydrogen-bond acceptors (Lipinski definition) is 3. The third-order valence-corrected chi connectivity index (χ3v) is 5.18. The van der Waals surface area contributed by atoms with E-state index in [1.165, 1.54) is 0 Å². The molecule has 0 bridgehead atoms. The zero-order valence-electron chi connectivity index (χ0n) is 9.60. The van der Waals surface area contributed by atoms with Gasteiger partial charge in [-0.1, -0.05) is 34.1 Å². The molecular weight excluding hydrogens is 396 g/mol. The minimum absolute atomic E-state index is 0.0274. The summed E-state index contributed by atoms with van der Waals surface area (Å²) in [5.74, 6) is 0. The van der Waals surface area contributed by atoms with Gasteiger partial charge in [0, 0.05) is 14.6 Å². The highest BCUT2D eigenvalue weighted by molar-refractivity contribution is 9.11. The average molecular weight is 406 g/mol. The van der Waals surface area contributed by atoms with Crippen molar-refractivity contribution in [3.05, 3.63) is 51.4 Å². The Morgan fingerprint density at radius 1 is 1.05 bits per heavy atom. The molecule has 0 aliphatic rings. The Labute approximate surface area is 128 Å². The number of rotatable bonds is 3. The Balaban J connectivity index is 2.46. The number of halogens is 2. The van der Waals surface area contributed by atoms with Crippen molar-refractivity contribution in [3.63, 3.8) is 0 Å². The maximum Gasteiger partial charge on any atom is 0.265 e. The minimum Gasteiger partial charge on any atom is -0.398 e. The Hall–Kier alpha value is -1.05. The van der Waals surface area contributed by atoms with Gasteiger partial charge >= 0.3 is 0 Å². The molecule has 7 heteroatoms. The van der Waals surface area contributed by atoms with Crippen LogP contribution in [0.15, 0.2) is 56.3 Å². The lowest BCUT2D eigenvalue weighted by molar-refractivity contribution is 0.601. The van der Waals surface area contributed by atoms with E-state index in [1.807, 2.05) is 6.07 Å². The monoisotopic (exact) mass is 404 g/mol. The van der Waals surface area contributed by atoms with Crippen molar-refractivity contribution in [3.8, 4) is 0 Å². The summed E-state index contributed by atoms with van der Waals surface area (Å²) < 4.78 is 28.2. The van der Waals surface area contributed by atoms with E-state index in [2.05, 4.69) is 36.6 Å². The molecule has 3 N–H and O–H groups in total. The molecule has 0 saturated heterocycles. The number of anilines is 2. The topological polar surface area (TPSA) is 72.2 Å². The van der Waals surface area contributed by atoms with Crippen molar-refractivity contribution >= 4 is 53.3 Å². The van der Waals surface area contributed by atoms with Crippen molar-refractivity contribution in [1.82, 2.24) is 0 Å². The second kappa shape index (κ2) is 5.52. The molecule has 0 amide bonds. The predicted molar refractivity (Wildman–Crippen MR) is 83.5 cm³/mol. The summed E-state index contributed by atoms with van der Waals surface area (Å²) in [5, 5.41) is 0. The first-order valence-electron chi connectivity index (χ1n) is 5.22. The summed E-state index contributed by atoms with van der Waals surface area (Å²) in [6.07, 6.45) is 0. The van der Waals surface area contributed by atoms with Crippen LogP contribution in [-0.2, 0) is 10.0 Å². The number of nitrogens with two attached hydrogens (primary N) is 1. The second-order valence-corrected chi connectivity index (χ2v) is 7.17. The highest BCUT2D eigenvalue weighted by Gasteiger charge is 2.21. The van der Waals surface area contributed by atoms with Crippen molar-refractivity contribution < 1.29 is 8.42 Å². The van der Waals surface area contributed by atoms with Gasteiger partial charge in [0.1, 0.15) is 4.90 Å². The van der Waals surface area contributed by atoms with E-state index in [0.717, 1.165) is 0 Å². The van der Waals surface area contributed by atoms with Gasteiger partial charge in [-0.3, -0.25) is 4.72 Å². The highest BCUT2D eigenvalue weighted by atomic mass is 79.9. The van der Waals surface area contributed by atoms with E-state index < -0.39 is 10.0 Å². The number of nitrogen functional groups attached to an aromatic ring is 1. The molecule has 0 atom stereocenters. The molecule has 0 aliphatic carbocycles. The molecule has 2 aromatic rings. The van der Waals surface area contributed by atoms with Crippen molar-refractivity contribution in [2.75, 3.05) is 10.5 Å². The molecule has 0 unspecified atom stereocenters. The minimum atomic E-state index is -3.73. The maximum atomic E-state index is 12.3. The lowest BCUT2D eigenvalue weighted by atomic mass is 10.3. The summed E-state index contributed by atoms with van der Waals surface area (Å²) >= 11 is 6.47. The van der Waals surface area contributed by atoms with Gasteiger partial charge < -0.3 is 5.73 Å². The molecule has 0 saturated carbocycles. The Kier molecular flexibility index (Phi) is 4.17. The molecule has 2 aromatic carbocycles. The van der Waals surface area contributed by atoms with Gasteiger partial charge in [-0.15, -0.1) is 0 Å². The first-order chi connectivity index (χ1) is 8.90. The molecule has 0 radical (unpaired) electrons. The molecule has 4 nitrogen and oxygen atoms in total. The van der Waals surface area contributed by atoms with Gasteiger partial charge in [0.2, 0.25) is 0 Å². The van der Waals surface area contributed by atoms with Crippen LogP contribution < -0.4 is 10.5 Å². The van der Waals surface area contributed by atoms with Crippen LogP contribution in [0, 0.1) is 0 Å². The third kappa shape index (κ3) is 3.29. The molecule has 0 aromatic heterocycles. The molecule has 100 valence electrons. The number of sulfonamides is 1. The van der Waals surface area contributed by atoms with E-state index in [9.17, 15) is 8.42 Å². The molecule has 2 rings (SSSR count). The summed E-state index contributed by atoms with van der Waals surface area (Å²) in [6, 6.07) is 11.8. The predicted octanol–water partition coefficient (Wildman–Crippen LogP) is 3.59. The van der Waals surface area contributed by atoms with Crippen LogP contribution >= 0.6 is 31.9 Å². The van der Waals surface area contributed by atoms with Gasteiger partial charge in [0.25, 0.3) is 10.0 Å². The fraction of sp³-hybridized carbons (Fsp3) is 0. The lowest BCUT2D eigenvalue weighted by Crippen LogP contribution is -2.15. The lowest BCUT2D eigenvalue weighted by Gasteiger charge is -2.12. The van der Waals surface area contributed by atoms with Crippen LogP contribution in [0.4, 0.5) is 11.4 Å². The number of benzene rings is 2. The molecule has 0 spiro atoms. The van der Waals surface area contributed by atoms with E-state index in [4.69, 9.17) is 5.73 Å². The number of nitrogens with one attached hydrogen (secondary N) is 1. The maximum absolute atomic E-state index is 12.3. The normalized spacial score (nSPS) is 11.3. The zero-order valence-corrected chi connectivity index (χ0v) is 13.6. The first kappa shape index (κ1) is 14.4. The smallest absolute Gasteiger partial charge is 0.265 e. The summed E-state index contributed by atoms with van der Waals surface area (Å²) in [5.41, 5.74) is 6.44. The average Bonchev–Trinajstić information content (AvgIpc) is 2.27. The van der Waals surface area contributed by atoms with Crippen LogP contribution in [0.2, 0.25) is 0 Å². The molecule has 19 heavy (non-hydrogen) atoms. The Morgan fingerprint density at radius 3 is 2.26 bits per heavy atom. The second-order valence-electron chi connectivity index (χ2n) is 3.78. The fourth-order valence-corrected chi connectivity index (χ4v) is 4.71. The zero-order chi connectivity index (χ0) is 14.0. The van der Waals surface area contributed by atoms with Gasteiger partial charge in [-0.25, -0.2) is 8.42 Å². The number of para-hydroxylation sites is 1. The van der Waals surface area contributed by atoms with Crippen LogP contribution in [0.5, 0.6) is 0 Å². The third-order valence-electron chi connectivity index (χ3n) is 2.33.